The fraction of sp³-hybridized carbons (Fsp3) is 0.444. The van der Waals surface area contributed by atoms with Gasteiger partial charge in [-0.25, -0.2) is 4.98 Å². The summed E-state index contributed by atoms with van der Waals surface area (Å²) in [5.74, 6) is 0.515. The molecule has 0 radical (unpaired) electrons. The van der Waals surface area contributed by atoms with E-state index < -0.39 is 0 Å². The average Bonchev–Trinajstić information content (AvgIpc) is 3.04. The van der Waals surface area contributed by atoms with E-state index in [0.717, 1.165) is 29.1 Å². The Morgan fingerprint density at radius 2 is 2.09 bits per heavy atom. The maximum Gasteiger partial charge on any atom is 0.226 e. The summed E-state index contributed by atoms with van der Waals surface area (Å²) in [4.78, 5) is 19.5. The van der Waals surface area contributed by atoms with Gasteiger partial charge in [-0.05, 0) is 12.8 Å². The number of rotatable bonds is 3. The van der Waals surface area contributed by atoms with Crippen molar-refractivity contribution in [1.82, 2.24) is 9.88 Å². The van der Waals surface area contributed by atoms with E-state index in [1.807, 2.05) is 23.1 Å². The molecule has 4 nitrogen and oxygen atoms in total. The number of thiazole rings is 1. The smallest absolute Gasteiger partial charge is 0.226 e. The van der Waals surface area contributed by atoms with E-state index in [-0.39, 0.29) is 12.0 Å². The van der Waals surface area contributed by atoms with Crippen LogP contribution in [0, 0.1) is 5.92 Å². The van der Waals surface area contributed by atoms with Crippen LogP contribution < -0.4 is 0 Å². The molecule has 1 atom stereocenters. The summed E-state index contributed by atoms with van der Waals surface area (Å²) in [6, 6.07) is 10.1. The summed E-state index contributed by atoms with van der Waals surface area (Å²) >= 11 is 1.63. The molecule has 2 heterocycles. The zero-order chi connectivity index (χ0) is 15.6. The largest absolute Gasteiger partial charge is 0.377 e. The van der Waals surface area contributed by atoms with Crippen molar-refractivity contribution in [2.45, 2.75) is 25.3 Å². The van der Waals surface area contributed by atoms with Crippen molar-refractivity contribution in [3.8, 4) is 10.6 Å². The highest BCUT2D eigenvalue weighted by atomic mass is 32.1. The van der Waals surface area contributed by atoms with Crippen molar-refractivity contribution in [2.75, 3.05) is 19.8 Å². The van der Waals surface area contributed by atoms with Crippen LogP contribution in [0.4, 0.5) is 0 Å². The van der Waals surface area contributed by atoms with E-state index in [2.05, 4.69) is 17.5 Å². The van der Waals surface area contributed by atoms with Crippen LogP contribution in [0.15, 0.2) is 35.7 Å². The first-order valence-corrected chi connectivity index (χ1v) is 9.10. The fourth-order valence-electron chi connectivity index (χ4n) is 3.15. The van der Waals surface area contributed by atoms with Crippen LogP contribution >= 0.6 is 11.3 Å². The molecule has 1 aromatic heterocycles. The molecule has 120 valence electrons. The number of carbonyl (C=O) groups excluding carboxylic acids is 1. The molecule has 1 aliphatic carbocycles. The summed E-state index contributed by atoms with van der Waals surface area (Å²) < 4.78 is 5.63. The van der Waals surface area contributed by atoms with Gasteiger partial charge in [0.1, 0.15) is 5.01 Å². The molecule has 23 heavy (non-hydrogen) atoms. The third-order valence-corrected chi connectivity index (χ3v) is 5.66. The molecule has 2 fully saturated rings. The van der Waals surface area contributed by atoms with E-state index in [4.69, 9.17) is 9.72 Å². The lowest BCUT2D eigenvalue weighted by Gasteiger charge is -2.39. The maximum atomic E-state index is 12.7. The number of morpholine rings is 1. The number of aromatic nitrogens is 1. The minimum absolute atomic E-state index is 0.0365. The van der Waals surface area contributed by atoms with Gasteiger partial charge in [0.05, 0.1) is 24.9 Å². The number of ether oxygens (including phenoxy) is 1. The zero-order valence-electron chi connectivity index (χ0n) is 13.0. The van der Waals surface area contributed by atoms with E-state index in [0.29, 0.717) is 25.7 Å². The molecule has 2 aromatic rings. The van der Waals surface area contributed by atoms with Crippen LogP contribution in [0.3, 0.4) is 0 Å². The second kappa shape index (κ2) is 6.42. The lowest BCUT2D eigenvalue weighted by atomic mass is 9.84. The molecule has 2 aliphatic rings. The number of amides is 1. The Morgan fingerprint density at radius 3 is 2.83 bits per heavy atom. The van der Waals surface area contributed by atoms with Crippen molar-refractivity contribution in [2.24, 2.45) is 5.92 Å². The molecular formula is C18H20N2O2S. The Hall–Kier alpha value is -1.72. The molecule has 0 N–H and O–H groups in total. The number of carbonyl (C=O) groups is 1. The highest BCUT2D eigenvalue weighted by Crippen LogP contribution is 2.34. The Bertz CT molecular complexity index is 681. The van der Waals surface area contributed by atoms with Gasteiger partial charge in [-0.3, -0.25) is 4.79 Å². The minimum Gasteiger partial charge on any atom is -0.377 e. The van der Waals surface area contributed by atoms with Gasteiger partial charge in [0.2, 0.25) is 5.91 Å². The SMILES string of the molecule is O=C(C1CCC1)N1CCOC[C@@H]1c1csc(-c2ccccc2)n1. The first-order chi connectivity index (χ1) is 11.3. The highest BCUT2D eigenvalue weighted by Gasteiger charge is 2.36. The third kappa shape index (κ3) is 2.91. The molecule has 4 rings (SSSR count). The molecule has 1 aromatic carbocycles. The van der Waals surface area contributed by atoms with E-state index in [9.17, 15) is 4.79 Å². The number of hydrogen-bond donors (Lipinski definition) is 0. The van der Waals surface area contributed by atoms with Crippen molar-refractivity contribution in [1.29, 1.82) is 0 Å². The first-order valence-electron chi connectivity index (χ1n) is 8.22. The topological polar surface area (TPSA) is 42.4 Å². The molecule has 0 spiro atoms. The summed E-state index contributed by atoms with van der Waals surface area (Å²) in [7, 11) is 0. The number of nitrogens with zero attached hydrogens (tertiary/aromatic N) is 2. The predicted octanol–water partition coefficient (Wildman–Crippen LogP) is 3.51. The monoisotopic (exact) mass is 328 g/mol. The molecule has 0 bridgehead atoms. The Kier molecular flexibility index (Phi) is 4.14. The fourth-order valence-corrected chi connectivity index (χ4v) is 4.03. The van der Waals surface area contributed by atoms with Crippen molar-refractivity contribution in [3.05, 3.63) is 41.4 Å². The molecule has 1 amide bonds. The van der Waals surface area contributed by atoms with Gasteiger partial charge in [0.25, 0.3) is 0 Å². The van der Waals surface area contributed by atoms with Crippen LogP contribution in [0.1, 0.15) is 31.0 Å². The summed E-state index contributed by atoms with van der Waals surface area (Å²) in [5, 5.41) is 3.07. The highest BCUT2D eigenvalue weighted by molar-refractivity contribution is 7.13. The molecule has 1 saturated carbocycles. The van der Waals surface area contributed by atoms with Crippen LogP contribution in [0.2, 0.25) is 0 Å². The Morgan fingerprint density at radius 1 is 1.26 bits per heavy atom. The molecule has 0 unspecified atom stereocenters. The number of benzene rings is 1. The van der Waals surface area contributed by atoms with Crippen LogP contribution in [-0.2, 0) is 9.53 Å². The van der Waals surface area contributed by atoms with Gasteiger partial charge in [0.15, 0.2) is 0 Å². The Balaban J connectivity index is 1.57. The van der Waals surface area contributed by atoms with E-state index in [1.165, 1.54) is 6.42 Å². The van der Waals surface area contributed by atoms with Gasteiger partial charge in [-0.1, -0.05) is 36.8 Å². The molecule has 5 heteroatoms. The first kappa shape index (κ1) is 14.8. The molecule has 1 aliphatic heterocycles. The van der Waals surface area contributed by atoms with Crippen molar-refractivity contribution >= 4 is 17.2 Å². The predicted molar refractivity (Wildman–Crippen MR) is 90.2 cm³/mol. The van der Waals surface area contributed by atoms with E-state index in [1.54, 1.807) is 11.3 Å². The molecular weight excluding hydrogens is 308 g/mol. The summed E-state index contributed by atoms with van der Waals surface area (Å²) in [5.41, 5.74) is 2.08. The van der Waals surface area contributed by atoms with Gasteiger partial charge in [0, 0.05) is 23.4 Å². The third-order valence-electron chi connectivity index (χ3n) is 4.75. The molecule has 1 saturated heterocycles. The standard InChI is InChI=1S/C18H20N2O2S/c21-18(14-7-4-8-14)20-9-10-22-11-16(20)15-12-23-17(19-15)13-5-2-1-3-6-13/h1-3,5-6,12,14,16H,4,7-11H2/t16-/m1/s1. The van der Waals surface area contributed by atoms with Gasteiger partial charge >= 0.3 is 0 Å². The van der Waals surface area contributed by atoms with E-state index >= 15 is 0 Å². The van der Waals surface area contributed by atoms with Crippen molar-refractivity contribution < 1.29 is 9.53 Å². The average molecular weight is 328 g/mol. The second-order valence-corrected chi connectivity index (χ2v) is 7.05. The van der Waals surface area contributed by atoms with Gasteiger partial charge in [-0.2, -0.15) is 0 Å². The number of hydrogen-bond acceptors (Lipinski definition) is 4. The van der Waals surface area contributed by atoms with Crippen LogP contribution in [-0.4, -0.2) is 35.5 Å². The Labute approximate surface area is 140 Å². The summed E-state index contributed by atoms with van der Waals surface area (Å²) in [6.45, 7) is 1.86. The van der Waals surface area contributed by atoms with Crippen molar-refractivity contribution in [3.63, 3.8) is 0 Å². The summed E-state index contributed by atoms with van der Waals surface area (Å²) in [6.07, 6.45) is 3.25. The maximum absolute atomic E-state index is 12.7. The minimum atomic E-state index is -0.0365. The normalized spacial score (nSPS) is 21.9. The second-order valence-electron chi connectivity index (χ2n) is 6.19. The lowest BCUT2D eigenvalue weighted by Crippen LogP contribution is -2.47. The van der Waals surface area contributed by atoms with Gasteiger partial charge < -0.3 is 9.64 Å². The van der Waals surface area contributed by atoms with Crippen LogP contribution in [0.5, 0.6) is 0 Å². The zero-order valence-corrected chi connectivity index (χ0v) is 13.8. The lowest BCUT2D eigenvalue weighted by molar-refractivity contribution is -0.147. The van der Waals surface area contributed by atoms with Crippen LogP contribution in [0.25, 0.3) is 10.6 Å². The van der Waals surface area contributed by atoms with Gasteiger partial charge in [-0.15, -0.1) is 11.3 Å². The quantitative estimate of drug-likeness (QED) is 0.866.